The van der Waals surface area contributed by atoms with Crippen LogP contribution >= 0.6 is 0 Å². The lowest BCUT2D eigenvalue weighted by Gasteiger charge is -2.22. The number of fused-ring (bicyclic) bond motifs is 3. The molecule has 8 heteroatoms. The summed E-state index contributed by atoms with van der Waals surface area (Å²) in [5.41, 5.74) is 10.9. The van der Waals surface area contributed by atoms with Gasteiger partial charge < -0.3 is 4.57 Å². The molecule has 0 N–H and O–H groups in total. The molecular formula is C55H30N8. The minimum atomic E-state index is 0.405. The average molecular weight is 803 g/mol. The molecule has 2 aromatic heterocycles. The summed E-state index contributed by atoms with van der Waals surface area (Å²) in [4.78, 5) is 15.2. The van der Waals surface area contributed by atoms with E-state index in [4.69, 9.17) is 15.0 Å². The van der Waals surface area contributed by atoms with E-state index in [1.54, 1.807) is 24.3 Å². The second kappa shape index (κ2) is 15.9. The SMILES string of the molecule is N#Cc1ccc(-c2ccc3c(c2)c2ccccc2n3-c2c(-c3ccccc3C#N)cc(-c3nc(-c4ccccc4)nc(-c4ccccc4)n3)cc2-c2ccccc2C#N)c(C#N)c1. The monoisotopic (exact) mass is 802 g/mol. The van der Waals surface area contributed by atoms with E-state index in [0.29, 0.717) is 62.0 Å². The first-order chi connectivity index (χ1) is 31.1. The largest absolute Gasteiger partial charge is 0.308 e. The molecule has 2 heterocycles. The molecule has 290 valence electrons. The van der Waals surface area contributed by atoms with Crippen LogP contribution in [0.5, 0.6) is 0 Å². The third kappa shape index (κ3) is 6.70. The third-order valence-electron chi connectivity index (χ3n) is 11.2. The van der Waals surface area contributed by atoms with Gasteiger partial charge in [0.1, 0.15) is 0 Å². The summed E-state index contributed by atoms with van der Waals surface area (Å²) in [7, 11) is 0. The summed E-state index contributed by atoms with van der Waals surface area (Å²) < 4.78 is 2.20. The first-order valence-electron chi connectivity index (χ1n) is 20.1. The fourth-order valence-corrected chi connectivity index (χ4v) is 8.32. The smallest absolute Gasteiger partial charge is 0.164 e. The Morgan fingerprint density at radius 2 is 0.841 bits per heavy atom. The molecule has 0 atom stereocenters. The van der Waals surface area contributed by atoms with E-state index >= 15 is 0 Å². The van der Waals surface area contributed by atoms with E-state index in [1.165, 1.54) is 0 Å². The van der Waals surface area contributed by atoms with E-state index in [1.807, 2.05) is 140 Å². The van der Waals surface area contributed by atoms with Crippen LogP contribution in [0.25, 0.3) is 95.0 Å². The Morgan fingerprint density at radius 3 is 1.41 bits per heavy atom. The molecule has 0 unspecified atom stereocenters. The maximum atomic E-state index is 10.7. The van der Waals surface area contributed by atoms with Crippen LogP contribution in [0.1, 0.15) is 22.3 Å². The Kier molecular flexibility index (Phi) is 9.56. The Hall–Kier alpha value is -9.47. The van der Waals surface area contributed by atoms with Gasteiger partial charge in [0.05, 0.1) is 63.3 Å². The van der Waals surface area contributed by atoms with Gasteiger partial charge in [-0.15, -0.1) is 0 Å². The molecule has 0 aliphatic heterocycles. The highest BCUT2D eigenvalue weighted by Gasteiger charge is 2.25. The van der Waals surface area contributed by atoms with E-state index < -0.39 is 0 Å². The van der Waals surface area contributed by atoms with Crippen molar-refractivity contribution in [3.05, 3.63) is 204 Å². The van der Waals surface area contributed by atoms with Crippen molar-refractivity contribution in [1.29, 1.82) is 21.0 Å². The lowest BCUT2D eigenvalue weighted by molar-refractivity contribution is 1.07. The van der Waals surface area contributed by atoms with Crippen LogP contribution in [0.15, 0.2) is 182 Å². The Balaban J connectivity index is 1.34. The average Bonchev–Trinajstić information content (AvgIpc) is 3.69. The van der Waals surface area contributed by atoms with Crippen molar-refractivity contribution in [3.8, 4) is 97.5 Å². The van der Waals surface area contributed by atoms with Gasteiger partial charge in [-0.25, -0.2) is 15.0 Å². The van der Waals surface area contributed by atoms with Crippen LogP contribution in [-0.2, 0) is 0 Å². The molecule has 63 heavy (non-hydrogen) atoms. The molecule has 0 fully saturated rings. The number of rotatable bonds is 7. The summed E-state index contributed by atoms with van der Waals surface area (Å²) in [6.45, 7) is 0. The number of nitrogens with zero attached hydrogens (tertiary/aromatic N) is 8. The lowest BCUT2D eigenvalue weighted by Crippen LogP contribution is -2.05. The Morgan fingerprint density at radius 1 is 0.333 bits per heavy atom. The molecule has 10 rings (SSSR count). The summed E-state index contributed by atoms with van der Waals surface area (Å²) in [6, 6.07) is 67.4. The van der Waals surface area contributed by atoms with Crippen LogP contribution < -0.4 is 0 Å². The second-order valence-electron chi connectivity index (χ2n) is 14.8. The topological polar surface area (TPSA) is 139 Å². The maximum Gasteiger partial charge on any atom is 0.164 e. The van der Waals surface area contributed by atoms with Crippen LogP contribution in [0.4, 0.5) is 0 Å². The summed E-state index contributed by atoms with van der Waals surface area (Å²) in [5, 5.41) is 42.9. The Labute approximate surface area is 362 Å². The lowest BCUT2D eigenvalue weighted by atomic mass is 9.89. The van der Waals surface area contributed by atoms with Crippen LogP contribution in [0.2, 0.25) is 0 Å². The first-order valence-corrected chi connectivity index (χ1v) is 20.1. The second-order valence-corrected chi connectivity index (χ2v) is 14.8. The van der Waals surface area contributed by atoms with Gasteiger partial charge >= 0.3 is 0 Å². The molecular weight excluding hydrogens is 773 g/mol. The van der Waals surface area contributed by atoms with E-state index in [9.17, 15) is 21.0 Å². The van der Waals surface area contributed by atoms with Crippen molar-refractivity contribution in [2.45, 2.75) is 0 Å². The standard InChI is InChI=1S/C55H30N8/c56-31-35-23-25-43(42(27-35)34-59)38-24-26-51-47(28-38)46-21-11-12-22-50(46)63(51)52-48(44-19-9-7-17-39(44)32-57)29-41(30-49(52)45-20-10-8-18-40(45)33-58)55-61-53(36-13-3-1-4-14-36)60-54(62-55)37-15-5-2-6-16-37/h1-30H. The van der Waals surface area contributed by atoms with Gasteiger partial charge in [-0.1, -0.05) is 127 Å². The minimum absolute atomic E-state index is 0.405. The maximum absolute atomic E-state index is 10.7. The van der Waals surface area contributed by atoms with Gasteiger partial charge in [0.25, 0.3) is 0 Å². The zero-order valence-corrected chi connectivity index (χ0v) is 33.4. The van der Waals surface area contributed by atoms with Crippen LogP contribution in [0.3, 0.4) is 0 Å². The number of aromatic nitrogens is 4. The van der Waals surface area contributed by atoms with E-state index in [-0.39, 0.29) is 0 Å². The molecule has 0 aliphatic carbocycles. The van der Waals surface area contributed by atoms with Gasteiger partial charge in [0, 0.05) is 49.7 Å². The number of hydrogen-bond acceptors (Lipinski definition) is 7. The summed E-state index contributed by atoms with van der Waals surface area (Å²) in [5.74, 6) is 1.42. The fraction of sp³-hybridized carbons (Fsp3) is 0. The normalized spacial score (nSPS) is 10.8. The molecule has 0 amide bonds. The Bertz CT molecular complexity index is 3480. The van der Waals surface area contributed by atoms with E-state index in [2.05, 4.69) is 47.0 Å². The van der Waals surface area contributed by atoms with Gasteiger partial charge in [-0.05, 0) is 65.7 Å². The molecule has 10 aromatic rings. The number of hydrogen-bond donors (Lipinski definition) is 0. The van der Waals surface area contributed by atoms with Crippen molar-refractivity contribution < 1.29 is 0 Å². The zero-order chi connectivity index (χ0) is 42.9. The van der Waals surface area contributed by atoms with Crippen molar-refractivity contribution in [1.82, 2.24) is 19.5 Å². The summed E-state index contributed by atoms with van der Waals surface area (Å²) in [6.07, 6.45) is 0. The molecule has 0 saturated carbocycles. The molecule has 0 aliphatic rings. The number of para-hydroxylation sites is 1. The fourth-order valence-electron chi connectivity index (χ4n) is 8.32. The van der Waals surface area contributed by atoms with Gasteiger partial charge in [0.2, 0.25) is 0 Å². The predicted octanol–water partition coefficient (Wildman–Crippen LogP) is 12.5. The molecule has 0 bridgehead atoms. The molecule has 0 radical (unpaired) electrons. The highest BCUT2D eigenvalue weighted by atomic mass is 15.0. The van der Waals surface area contributed by atoms with Crippen molar-refractivity contribution in [2.24, 2.45) is 0 Å². The van der Waals surface area contributed by atoms with Gasteiger partial charge in [-0.3, -0.25) is 0 Å². The van der Waals surface area contributed by atoms with Gasteiger partial charge in [-0.2, -0.15) is 21.0 Å². The van der Waals surface area contributed by atoms with Crippen LogP contribution in [-0.4, -0.2) is 19.5 Å². The van der Waals surface area contributed by atoms with Crippen molar-refractivity contribution in [2.75, 3.05) is 0 Å². The number of benzene rings is 8. The van der Waals surface area contributed by atoms with Crippen molar-refractivity contribution in [3.63, 3.8) is 0 Å². The highest BCUT2D eigenvalue weighted by molar-refractivity contribution is 6.12. The number of nitriles is 4. The quantitative estimate of drug-likeness (QED) is 0.156. The first kappa shape index (κ1) is 37.8. The molecule has 0 spiro atoms. The zero-order valence-electron chi connectivity index (χ0n) is 33.4. The predicted molar refractivity (Wildman–Crippen MR) is 246 cm³/mol. The third-order valence-corrected chi connectivity index (χ3v) is 11.2. The minimum Gasteiger partial charge on any atom is -0.308 e. The van der Waals surface area contributed by atoms with Gasteiger partial charge in [0.15, 0.2) is 17.5 Å². The summed E-state index contributed by atoms with van der Waals surface area (Å²) >= 11 is 0. The van der Waals surface area contributed by atoms with E-state index in [0.717, 1.165) is 55.3 Å². The van der Waals surface area contributed by atoms with Crippen molar-refractivity contribution >= 4 is 21.8 Å². The molecule has 8 nitrogen and oxygen atoms in total. The van der Waals surface area contributed by atoms with Crippen LogP contribution in [0, 0.1) is 45.3 Å². The molecule has 8 aromatic carbocycles. The molecule has 0 saturated heterocycles. The highest BCUT2D eigenvalue weighted by Crippen LogP contribution is 2.45.